The number of Topliss-reactive ketones (excluding diaryl/α,β-unsaturated/α-hetero) is 1. The summed E-state index contributed by atoms with van der Waals surface area (Å²) in [6.07, 6.45) is 5.93. The van der Waals surface area contributed by atoms with Crippen molar-refractivity contribution in [2.75, 3.05) is 0 Å². The van der Waals surface area contributed by atoms with Gasteiger partial charge in [-0.2, -0.15) is 0 Å². The monoisotopic (exact) mass is 327 g/mol. The highest BCUT2D eigenvalue weighted by atomic mass is 79.9. The molecule has 0 radical (unpaired) electrons. The Morgan fingerprint density at radius 1 is 1.26 bits per heavy atom. The van der Waals surface area contributed by atoms with E-state index in [1.165, 1.54) is 18.6 Å². The topological polar surface area (TPSA) is 43.1 Å². The summed E-state index contributed by atoms with van der Waals surface area (Å²) < 4.78 is 13.9. The Morgan fingerprint density at radius 3 is 2.58 bits per heavy atom. The Labute approximate surface area is 121 Å². The Morgan fingerprint density at radius 2 is 1.95 bits per heavy atom. The molecule has 1 fully saturated rings. The zero-order valence-corrected chi connectivity index (χ0v) is 12.5. The van der Waals surface area contributed by atoms with E-state index in [4.69, 9.17) is 5.73 Å². The molecule has 0 aromatic heterocycles. The third-order valence-corrected chi connectivity index (χ3v) is 4.18. The molecule has 1 aliphatic carbocycles. The average molecular weight is 328 g/mol. The van der Waals surface area contributed by atoms with Crippen LogP contribution in [0.25, 0.3) is 0 Å². The number of rotatable bonds is 4. The van der Waals surface area contributed by atoms with Crippen molar-refractivity contribution in [1.82, 2.24) is 0 Å². The SMILES string of the molecule is NC1(CC(=O)Cc2cc(F)cc(Br)c2)CCCCC1. The molecular weight excluding hydrogens is 309 g/mol. The normalized spacial score (nSPS) is 18.3. The van der Waals surface area contributed by atoms with Crippen molar-refractivity contribution in [1.29, 1.82) is 0 Å². The van der Waals surface area contributed by atoms with Gasteiger partial charge in [-0.3, -0.25) is 4.79 Å². The molecule has 0 spiro atoms. The number of carbonyl (C=O) groups is 1. The van der Waals surface area contributed by atoms with Gasteiger partial charge >= 0.3 is 0 Å². The molecular formula is C15H19BrFNO. The van der Waals surface area contributed by atoms with Crippen molar-refractivity contribution in [2.24, 2.45) is 5.73 Å². The lowest BCUT2D eigenvalue weighted by atomic mass is 9.78. The summed E-state index contributed by atoms with van der Waals surface area (Å²) in [6.45, 7) is 0. The highest BCUT2D eigenvalue weighted by Crippen LogP contribution is 2.29. The first-order valence-electron chi connectivity index (χ1n) is 6.72. The van der Waals surface area contributed by atoms with E-state index in [9.17, 15) is 9.18 Å². The van der Waals surface area contributed by atoms with Gasteiger partial charge in [0.05, 0.1) is 0 Å². The minimum absolute atomic E-state index is 0.0990. The summed E-state index contributed by atoms with van der Waals surface area (Å²) >= 11 is 3.24. The summed E-state index contributed by atoms with van der Waals surface area (Å²) in [5.74, 6) is -0.223. The standard InChI is InChI=1S/C15H19BrFNO/c16-12-6-11(7-13(17)9-12)8-14(19)10-15(18)4-2-1-3-5-15/h6-7,9H,1-5,8,10,18H2. The highest BCUT2D eigenvalue weighted by Gasteiger charge is 2.29. The zero-order chi connectivity index (χ0) is 13.9. The number of ketones is 1. The van der Waals surface area contributed by atoms with E-state index in [0.29, 0.717) is 16.5 Å². The maximum atomic E-state index is 13.2. The Balaban J connectivity index is 1.97. The van der Waals surface area contributed by atoms with E-state index < -0.39 is 0 Å². The van der Waals surface area contributed by atoms with Crippen molar-refractivity contribution in [3.8, 4) is 0 Å². The number of halogens is 2. The van der Waals surface area contributed by atoms with Crippen molar-refractivity contribution in [2.45, 2.75) is 50.5 Å². The molecule has 2 N–H and O–H groups in total. The van der Waals surface area contributed by atoms with Gasteiger partial charge in [-0.15, -0.1) is 0 Å². The van der Waals surface area contributed by atoms with Gasteiger partial charge in [-0.25, -0.2) is 4.39 Å². The minimum Gasteiger partial charge on any atom is -0.325 e. The second-order valence-corrected chi connectivity index (χ2v) is 6.51. The average Bonchev–Trinajstić information content (AvgIpc) is 2.27. The molecule has 104 valence electrons. The van der Waals surface area contributed by atoms with E-state index >= 15 is 0 Å². The quantitative estimate of drug-likeness (QED) is 0.915. The molecule has 0 aliphatic heterocycles. The molecule has 4 heteroatoms. The van der Waals surface area contributed by atoms with Crippen LogP contribution < -0.4 is 5.73 Å². The van der Waals surface area contributed by atoms with Crippen molar-refractivity contribution < 1.29 is 9.18 Å². The predicted molar refractivity (Wildman–Crippen MR) is 77.4 cm³/mol. The van der Waals surface area contributed by atoms with Crippen LogP contribution in [-0.2, 0) is 11.2 Å². The summed E-state index contributed by atoms with van der Waals surface area (Å²) in [5, 5.41) is 0. The molecule has 0 atom stereocenters. The fraction of sp³-hybridized carbons (Fsp3) is 0.533. The summed E-state index contributed by atoms with van der Waals surface area (Å²) in [6, 6.07) is 4.58. The van der Waals surface area contributed by atoms with Gasteiger partial charge in [-0.05, 0) is 36.6 Å². The van der Waals surface area contributed by atoms with Crippen LogP contribution in [0.5, 0.6) is 0 Å². The molecule has 0 saturated heterocycles. The molecule has 0 unspecified atom stereocenters. The molecule has 0 heterocycles. The van der Waals surface area contributed by atoms with Crippen LogP contribution >= 0.6 is 15.9 Å². The maximum absolute atomic E-state index is 13.2. The molecule has 1 aromatic carbocycles. The van der Waals surface area contributed by atoms with E-state index in [2.05, 4.69) is 15.9 Å². The van der Waals surface area contributed by atoms with Crippen LogP contribution in [0.15, 0.2) is 22.7 Å². The number of hydrogen-bond acceptors (Lipinski definition) is 2. The van der Waals surface area contributed by atoms with Gasteiger partial charge in [0.25, 0.3) is 0 Å². The van der Waals surface area contributed by atoms with Crippen LogP contribution in [-0.4, -0.2) is 11.3 Å². The lowest BCUT2D eigenvalue weighted by Crippen LogP contribution is -2.43. The Bertz CT molecular complexity index is 449. The highest BCUT2D eigenvalue weighted by molar-refractivity contribution is 9.10. The number of benzene rings is 1. The Hall–Kier alpha value is -0.740. The van der Waals surface area contributed by atoms with Gasteiger partial charge in [0.1, 0.15) is 11.6 Å². The lowest BCUT2D eigenvalue weighted by molar-refractivity contribution is -0.119. The molecule has 2 nitrogen and oxygen atoms in total. The van der Waals surface area contributed by atoms with E-state index in [-0.39, 0.29) is 23.6 Å². The van der Waals surface area contributed by atoms with Gasteiger partial charge in [0, 0.05) is 22.9 Å². The molecule has 1 aliphatic rings. The van der Waals surface area contributed by atoms with Crippen molar-refractivity contribution in [3.63, 3.8) is 0 Å². The third kappa shape index (κ3) is 4.39. The van der Waals surface area contributed by atoms with Crippen LogP contribution in [0.1, 0.15) is 44.1 Å². The fourth-order valence-corrected chi connectivity index (χ4v) is 3.34. The zero-order valence-electron chi connectivity index (χ0n) is 10.9. The van der Waals surface area contributed by atoms with Crippen molar-refractivity contribution in [3.05, 3.63) is 34.1 Å². The third-order valence-electron chi connectivity index (χ3n) is 3.72. The summed E-state index contributed by atoms with van der Waals surface area (Å²) in [7, 11) is 0. The first kappa shape index (κ1) is 14.7. The smallest absolute Gasteiger partial charge is 0.139 e. The largest absolute Gasteiger partial charge is 0.325 e. The number of nitrogens with two attached hydrogens (primary N) is 1. The molecule has 0 bridgehead atoms. The van der Waals surface area contributed by atoms with Crippen LogP contribution in [0, 0.1) is 5.82 Å². The lowest BCUT2D eigenvalue weighted by Gasteiger charge is -2.32. The second-order valence-electron chi connectivity index (χ2n) is 5.59. The van der Waals surface area contributed by atoms with Gasteiger partial charge in [0.2, 0.25) is 0 Å². The van der Waals surface area contributed by atoms with E-state index in [0.717, 1.165) is 25.7 Å². The number of carbonyl (C=O) groups excluding carboxylic acids is 1. The predicted octanol–water partition coefficient (Wildman–Crippen LogP) is 3.75. The van der Waals surface area contributed by atoms with E-state index in [1.54, 1.807) is 6.07 Å². The van der Waals surface area contributed by atoms with Gasteiger partial charge in [0.15, 0.2) is 0 Å². The van der Waals surface area contributed by atoms with Crippen LogP contribution in [0.2, 0.25) is 0 Å². The molecule has 0 amide bonds. The molecule has 2 rings (SSSR count). The number of hydrogen-bond donors (Lipinski definition) is 1. The van der Waals surface area contributed by atoms with Gasteiger partial charge < -0.3 is 5.73 Å². The molecule has 1 saturated carbocycles. The fourth-order valence-electron chi connectivity index (χ4n) is 2.83. The molecule has 1 aromatic rings. The maximum Gasteiger partial charge on any atom is 0.139 e. The second kappa shape index (κ2) is 6.14. The first-order valence-corrected chi connectivity index (χ1v) is 7.52. The summed E-state index contributed by atoms with van der Waals surface area (Å²) in [4.78, 5) is 12.1. The van der Waals surface area contributed by atoms with Gasteiger partial charge in [-0.1, -0.05) is 35.2 Å². The van der Waals surface area contributed by atoms with E-state index in [1.807, 2.05) is 0 Å². The van der Waals surface area contributed by atoms with Crippen LogP contribution in [0.4, 0.5) is 4.39 Å². The summed E-state index contributed by atoms with van der Waals surface area (Å²) in [5.41, 5.74) is 6.64. The molecule has 19 heavy (non-hydrogen) atoms. The minimum atomic E-state index is -0.333. The van der Waals surface area contributed by atoms with Crippen LogP contribution in [0.3, 0.4) is 0 Å². The van der Waals surface area contributed by atoms with Crippen molar-refractivity contribution >= 4 is 21.7 Å². The first-order chi connectivity index (χ1) is 8.97. The Kier molecular flexibility index (Phi) is 4.74.